The minimum Gasteiger partial charge on any atom is -0.484 e. The van der Waals surface area contributed by atoms with Crippen molar-refractivity contribution in [1.82, 2.24) is 10.9 Å². The van der Waals surface area contributed by atoms with E-state index in [1.54, 1.807) is 0 Å². The molecule has 1 aromatic carbocycles. The van der Waals surface area contributed by atoms with E-state index in [0.717, 1.165) is 17.0 Å². The first kappa shape index (κ1) is 16.8. The molecule has 0 aliphatic heterocycles. The van der Waals surface area contributed by atoms with E-state index in [4.69, 9.17) is 4.74 Å². The Morgan fingerprint density at radius 2 is 1.75 bits per heavy atom. The van der Waals surface area contributed by atoms with Crippen molar-refractivity contribution in [3.8, 4) is 5.75 Å². The third kappa shape index (κ3) is 4.28. The molecule has 0 saturated heterocycles. The maximum absolute atomic E-state index is 12.0. The highest BCUT2D eigenvalue weighted by molar-refractivity contribution is 5.82. The fourth-order valence-electron chi connectivity index (χ4n) is 4.26. The minimum atomic E-state index is -0.351. The Bertz CT molecular complexity index is 609. The number of hydrogen-bond donors (Lipinski definition) is 2. The predicted molar refractivity (Wildman–Crippen MR) is 91.3 cm³/mol. The summed E-state index contributed by atoms with van der Waals surface area (Å²) in [5.74, 6) is 2.24. The molecular formula is C19H26N2O3. The highest BCUT2D eigenvalue weighted by atomic mass is 16.5. The summed E-state index contributed by atoms with van der Waals surface area (Å²) < 4.78 is 5.47. The van der Waals surface area contributed by atoms with Gasteiger partial charge in [-0.1, -0.05) is 12.5 Å². The largest absolute Gasteiger partial charge is 0.484 e. The van der Waals surface area contributed by atoms with Gasteiger partial charge < -0.3 is 4.74 Å². The normalized spacial score (nSPS) is 24.7. The minimum absolute atomic E-state index is 0.104. The SMILES string of the molecule is Cc1cc(C)cc(OCC(=O)NNC(=O)CC2CC3CCC2C3)c1. The van der Waals surface area contributed by atoms with Gasteiger partial charge in [0.05, 0.1) is 0 Å². The van der Waals surface area contributed by atoms with E-state index in [9.17, 15) is 9.59 Å². The zero-order valence-electron chi connectivity index (χ0n) is 14.4. The molecular weight excluding hydrogens is 304 g/mol. The van der Waals surface area contributed by atoms with Gasteiger partial charge in [-0.2, -0.15) is 0 Å². The Morgan fingerprint density at radius 3 is 2.38 bits per heavy atom. The number of hydrogen-bond acceptors (Lipinski definition) is 3. The van der Waals surface area contributed by atoms with Crippen molar-refractivity contribution < 1.29 is 14.3 Å². The molecule has 2 amide bonds. The first-order valence-electron chi connectivity index (χ1n) is 8.78. The van der Waals surface area contributed by atoms with Crippen molar-refractivity contribution >= 4 is 11.8 Å². The molecule has 2 N–H and O–H groups in total. The summed E-state index contributed by atoms with van der Waals surface area (Å²) in [6.07, 6.45) is 5.56. The molecule has 5 heteroatoms. The number of amides is 2. The fourth-order valence-corrected chi connectivity index (χ4v) is 4.26. The Balaban J connectivity index is 1.36. The monoisotopic (exact) mass is 330 g/mol. The van der Waals surface area contributed by atoms with Crippen LogP contribution in [0.2, 0.25) is 0 Å². The van der Waals surface area contributed by atoms with E-state index in [-0.39, 0.29) is 18.4 Å². The molecule has 0 spiro atoms. The summed E-state index contributed by atoms with van der Waals surface area (Å²) in [7, 11) is 0. The lowest BCUT2D eigenvalue weighted by atomic mass is 9.86. The third-order valence-corrected chi connectivity index (χ3v) is 5.24. The lowest BCUT2D eigenvalue weighted by Crippen LogP contribution is -2.44. The summed E-state index contributed by atoms with van der Waals surface area (Å²) >= 11 is 0. The number of nitrogens with one attached hydrogen (secondary N) is 2. The van der Waals surface area contributed by atoms with E-state index in [2.05, 4.69) is 10.9 Å². The van der Waals surface area contributed by atoms with Gasteiger partial charge in [0.25, 0.3) is 5.91 Å². The van der Waals surface area contributed by atoms with Crippen LogP contribution < -0.4 is 15.6 Å². The van der Waals surface area contributed by atoms with Crippen molar-refractivity contribution in [3.63, 3.8) is 0 Å². The van der Waals surface area contributed by atoms with Crippen LogP contribution in [0, 0.1) is 31.6 Å². The number of ether oxygens (including phenoxy) is 1. The van der Waals surface area contributed by atoms with Gasteiger partial charge in [-0.3, -0.25) is 20.4 Å². The molecule has 2 aliphatic carbocycles. The van der Waals surface area contributed by atoms with Crippen LogP contribution in [0.1, 0.15) is 43.2 Å². The molecule has 2 saturated carbocycles. The summed E-state index contributed by atoms with van der Waals surface area (Å²) in [6, 6.07) is 5.81. The first-order valence-corrected chi connectivity index (χ1v) is 8.78. The zero-order chi connectivity index (χ0) is 17.1. The summed E-state index contributed by atoms with van der Waals surface area (Å²) in [5.41, 5.74) is 7.12. The predicted octanol–water partition coefficient (Wildman–Crippen LogP) is 2.66. The van der Waals surface area contributed by atoms with Gasteiger partial charge in [0.1, 0.15) is 5.75 Å². The second-order valence-electron chi connectivity index (χ2n) is 7.35. The molecule has 130 valence electrons. The number of hydrazine groups is 1. The smallest absolute Gasteiger partial charge is 0.276 e. The molecule has 24 heavy (non-hydrogen) atoms. The number of benzene rings is 1. The molecule has 0 heterocycles. The number of carbonyl (C=O) groups excluding carboxylic acids is 2. The van der Waals surface area contributed by atoms with Gasteiger partial charge >= 0.3 is 0 Å². The Labute approximate surface area is 143 Å². The second kappa shape index (κ2) is 7.24. The van der Waals surface area contributed by atoms with Crippen LogP contribution in [0.3, 0.4) is 0 Å². The summed E-state index contributed by atoms with van der Waals surface area (Å²) in [5, 5.41) is 0. The molecule has 5 nitrogen and oxygen atoms in total. The number of fused-ring (bicyclic) bond motifs is 2. The standard InChI is InChI=1S/C19H26N2O3/c1-12-5-13(2)7-17(6-12)24-11-19(23)21-20-18(22)10-16-9-14-3-4-15(16)8-14/h5-7,14-16H,3-4,8-11H2,1-2H3,(H,20,22)(H,21,23). The van der Waals surface area contributed by atoms with Gasteiger partial charge in [0.2, 0.25) is 5.91 Å². The Hall–Kier alpha value is -2.04. The van der Waals surface area contributed by atoms with Gasteiger partial charge in [-0.05, 0) is 74.1 Å². The van der Waals surface area contributed by atoms with Crippen LogP contribution in [0.15, 0.2) is 18.2 Å². The second-order valence-corrected chi connectivity index (χ2v) is 7.35. The highest BCUT2D eigenvalue weighted by Crippen LogP contribution is 2.49. The average molecular weight is 330 g/mol. The van der Waals surface area contributed by atoms with Crippen molar-refractivity contribution in [1.29, 1.82) is 0 Å². The average Bonchev–Trinajstić information content (AvgIpc) is 3.12. The van der Waals surface area contributed by atoms with E-state index in [0.29, 0.717) is 24.0 Å². The molecule has 3 unspecified atom stereocenters. The Morgan fingerprint density at radius 1 is 1.04 bits per heavy atom. The van der Waals surface area contributed by atoms with Crippen LogP contribution in [-0.2, 0) is 9.59 Å². The number of rotatable bonds is 5. The molecule has 1 aromatic rings. The Kier molecular flexibility index (Phi) is 5.07. The number of carbonyl (C=O) groups is 2. The fraction of sp³-hybridized carbons (Fsp3) is 0.579. The third-order valence-electron chi connectivity index (χ3n) is 5.24. The van der Waals surface area contributed by atoms with Crippen LogP contribution in [0.25, 0.3) is 0 Å². The molecule has 2 aliphatic rings. The maximum Gasteiger partial charge on any atom is 0.276 e. The summed E-state index contributed by atoms with van der Waals surface area (Å²) in [4.78, 5) is 23.8. The summed E-state index contributed by atoms with van der Waals surface area (Å²) in [6.45, 7) is 3.85. The highest BCUT2D eigenvalue weighted by Gasteiger charge is 2.40. The lowest BCUT2D eigenvalue weighted by Gasteiger charge is -2.20. The topological polar surface area (TPSA) is 67.4 Å². The molecule has 3 rings (SSSR count). The van der Waals surface area contributed by atoms with E-state index >= 15 is 0 Å². The maximum atomic E-state index is 12.0. The van der Waals surface area contributed by atoms with Gasteiger partial charge in [-0.15, -0.1) is 0 Å². The molecule has 0 radical (unpaired) electrons. The molecule has 2 bridgehead atoms. The van der Waals surface area contributed by atoms with Gasteiger partial charge in [0, 0.05) is 6.42 Å². The zero-order valence-corrected chi connectivity index (χ0v) is 14.4. The van der Waals surface area contributed by atoms with Crippen LogP contribution in [-0.4, -0.2) is 18.4 Å². The van der Waals surface area contributed by atoms with Crippen molar-refractivity contribution in [2.24, 2.45) is 17.8 Å². The van der Waals surface area contributed by atoms with Crippen LogP contribution >= 0.6 is 0 Å². The van der Waals surface area contributed by atoms with Gasteiger partial charge in [-0.25, -0.2) is 0 Å². The molecule has 3 atom stereocenters. The molecule has 2 fully saturated rings. The van der Waals surface area contributed by atoms with E-state index in [1.165, 1.54) is 25.7 Å². The van der Waals surface area contributed by atoms with E-state index in [1.807, 2.05) is 32.0 Å². The quantitative estimate of drug-likeness (QED) is 0.816. The molecule has 0 aromatic heterocycles. The van der Waals surface area contributed by atoms with Crippen molar-refractivity contribution in [3.05, 3.63) is 29.3 Å². The van der Waals surface area contributed by atoms with E-state index < -0.39 is 0 Å². The van der Waals surface area contributed by atoms with Crippen LogP contribution in [0.4, 0.5) is 0 Å². The van der Waals surface area contributed by atoms with Crippen LogP contribution in [0.5, 0.6) is 5.75 Å². The van der Waals surface area contributed by atoms with Gasteiger partial charge in [0.15, 0.2) is 6.61 Å². The number of aryl methyl sites for hydroxylation is 2. The first-order chi connectivity index (χ1) is 11.5. The van der Waals surface area contributed by atoms with Crippen molar-refractivity contribution in [2.75, 3.05) is 6.61 Å². The lowest BCUT2D eigenvalue weighted by molar-refractivity contribution is -0.130. The van der Waals surface area contributed by atoms with Crippen molar-refractivity contribution in [2.45, 2.75) is 46.0 Å².